The summed E-state index contributed by atoms with van der Waals surface area (Å²) < 4.78 is 3.53. The third kappa shape index (κ3) is 4.32. The second kappa shape index (κ2) is 9.15. The van der Waals surface area contributed by atoms with Crippen LogP contribution in [0, 0.1) is 6.92 Å². The first-order chi connectivity index (χ1) is 16.5. The molecule has 174 valence electrons. The van der Waals surface area contributed by atoms with Crippen LogP contribution in [0.2, 0.25) is 0 Å². The molecule has 1 aliphatic rings. The van der Waals surface area contributed by atoms with Gasteiger partial charge in [0.25, 0.3) is 0 Å². The smallest absolute Gasteiger partial charge is 0.320 e. The van der Waals surface area contributed by atoms with E-state index in [9.17, 15) is 4.79 Å². The molecule has 1 fully saturated rings. The number of carbonyl (C=O) groups is 1. The predicted molar refractivity (Wildman–Crippen MR) is 133 cm³/mol. The quantitative estimate of drug-likeness (QED) is 0.461. The van der Waals surface area contributed by atoms with Crippen LogP contribution in [0.15, 0.2) is 73.1 Å². The highest BCUT2D eigenvalue weighted by molar-refractivity contribution is 5.91. The van der Waals surface area contributed by atoms with E-state index in [4.69, 9.17) is 5.10 Å². The molecule has 0 aliphatic carbocycles. The van der Waals surface area contributed by atoms with Crippen LogP contribution < -0.4 is 10.6 Å². The molecule has 2 aromatic carbocycles. The molecule has 0 radical (unpaired) electrons. The van der Waals surface area contributed by atoms with Crippen molar-refractivity contribution in [1.29, 1.82) is 0 Å². The minimum Gasteiger partial charge on any atom is -0.332 e. The van der Waals surface area contributed by atoms with Gasteiger partial charge in [-0.15, -0.1) is 0 Å². The van der Waals surface area contributed by atoms with Crippen LogP contribution in [-0.4, -0.2) is 49.1 Å². The normalized spacial score (nSPS) is 17.9. The number of aromatic nitrogens is 4. The molecule has 0 bridgehead atoms. The standard InChI is InChI=1S/C26H29N7O/c1-18-24(21-14-27-31(3)16-21)30-33(22-12-8-5-9-13-22)25(18)29-26(34)28-23-17-32(19(23)2)15-20-10-6-4-7-11-20/h4-14,16,19,23H,15,17H2,1-3H3,(H2,28,29,34)/t19-,23+/m0/s1. The Balaban J connectivity index is 1.32. The molecule has 34 heavy (non-hydrogen) atoms. The number of para-hydroxylation sites is 1. The Bertz CT molecular complexity index is 1280. The summed E-state index contributed by atoms with van der Waals surface area (Å²) in [7, 11) is 1.88. The molecule has 1 aliphatic heterocycles. The van der Waals surface area contributed by atoms with Crippen LogP contribution in [0.5, 0.6) is 0 Å². The summed E-state index contributed by atoms with van der Waals surface area (Å²) >= 11 is 0. The average Bonchev–Trinajstić information content (AvgIpc) is 3.42. The molecule has 2 N–H and O–H groups in total. The Kier molecular flexibility index (Phi) is 5.90. The fourth-order valence-corrected chi connectivity index (χ4v) is 4.41. The van der Waals surface area contributed by atoms with Crippen molar-refractivity contribution >= 4 is 11.8 Å². The van der Waals surface area contributed by atoms with Crippen molar-refractivity contribution in [2.45, 2.75) is 32.5 Å². The molecule has 4 aromatic rings. The number of benzene rings is 2. The van der Waals surface area contributed by atoms with Crippen molar-refractivity contribution in [3.63, 3.8) is 0 Å². The van der Waals surface area contributed by atoms with Crippen molar-refractivity contribution in [1.82, 2.24) is 29.8 Å². The summed E-state index contributed by atoms with van der Waals surface area (Å²) in [6, 6.07) is 20.3. The second-order valence-electron chi connectivity index (χ2n) is 8.83. The van der Waals surface area contributed by atoms with Crippen molar-refractivity contribution in [2.24, 2.45) is 7.05 Å². The van der Waals surface area contributed by atoms with Gasteiger partial charge < -0.3 is 5.32 Å². The van der Waals surface area contributed by atoms with Crippen molar-refractivity contribution < 1.29 is 4.79 Å². The molecule has 1 saturated heterocycles. The Morgan fingerprint density at radius 3 is 2.44 bits per heavy atom. The monoisotopic (exact) mass is 455 g/mol. The summed E-state index contributed by atoms with van der Waals surface area (Å²) in [6.45, 7) is 5.83. The van der Waals surface area contributed by atoms with E-state index in [1.807, 2.05) is 56.6 Å². The molecule has 0 saturated carbocycles. The van der Waals surface area contributed by atoms with Gasteiger partial charge in [-0.3, -0.25) is 14.9 Å². The highest BCUT2D eigenvalue weighted by Gasteiger charge is 2.36. The summed E-state index contributed by atoms with van der Waals surface area (Å²) in [6.07, 6.45) is 3.71. The number of urea groups is 1. The van der Waals surface area contributed by atoms with Gasteiger partial charge in [-0.05, 0) is 31.5 Å². The van der Waals surface area contributed by atoms with Crippen LogP contribution in [0.1, 0.15) is 18.1 Å². The van der Waals surface area contributed by atoms with Gasteiger partial charge in [-0.2, -0.15) is 10.2 Å². The number of aryl methyl sites for hydroxylation is 1. The molecule has 2 aromatic heterocycles. The molecule has 2 amide bonds. The zero-order valence-corrected chi connectivity index (χ0v) is 19.6. The summed E-state index contributed by atoms with van der Waals surface area (Å²) in [5.41, 5.74) is 4.74. The highest BCUT2D eigenvalue weighted by Crippen LogP contribution is 2.30. The minimum atomic E-state index is -0.228. The number of amides is 2. The van der Waals surface area contributed by atoms with Crippen molar-refractivity contribution in [3.8, 4) is 16.9 Å². The number of anilines is 1. The van der Waals surface area contributed by atoms with E-state index in [-0.39, 0.29) is 18.1 Å². The lowest BCUT2D eigenvalue weighted by molar-refractivity contribution is 0.0536. The van der Waals surface area contributed by atoms with Gasteiger partial charge in [0.2, 0.25) is 0 Å². The lowest BCUT2D eigenvalue weighted by Crippen LogP contribution is -2.65. The molecule has 8 nitrogen and oxygen atoms in total. The summed E-state index contributed by atoms with van der Waals surface area (Å²) in [4.78, 5) is 15.4. The van der Waals surface area contributed by atoms with E-state index in [1.54, 1.807) is 15.6 Å². The van der Waals surface area contributed by atoms with E-state index in [1.165, 1.54) is 5.56 Å². The lowest BCUT2D eigenvalue weighted by Gasteiger charge is -2.46. The zero-order chi connectivity index (χ0) is 23.7. The van der Waals surface area contributed by atoms with Crippen LogP contribution in [0.3, 0.4) is 0 Å². The highest BCUT2D eigenvalue weighted by atomic mass is 16.2. The number of nitrogens with zero attached hydrogens (tertiary/aromatic N) is 5. The number of hydrogen-bond acceptors (Lipinski definition) is 4. The average molecular weight is 456 g/mol. The number of likely N-dealkylation sites (tertiary alicyclic amines) is 1. The first-order valence-electron chi connectivity index (χ1n) is 11.5. The Morgan fingerprint density at radius 2 is 1.79 bits per heavy atom. The van der Waals surface area contributed by atoms with Crippen LogP contribution in [-0.2, 0) is 13.6 Å². The van der Waals surface area contributed by atoms with Gasteiger partial charge in [0, 0.05) is 43.5 Å². The summed E-state index contributed by atoms with van der Waals surface area (Å²) in [5, 5.41) is 15.3. The largest absolute Gasteiger partial charge is 0.332 e. The number of rotatable bonds is 6. The molecule has 8 heteroatoms. The third-order valence-corrected chi connectivity index (χ3v) is 6.47. The first-order valence-corrected chi connectivity index (χ1v) is 11.5. The van der Waals surface area contributed by atoms with Crippen molar-refractivity contribution in [3.05, 3.63) is 84.2 Å². The zero-order valence-electron chi connectivity index (χ0n) is 19.6. The van der Waals surface area contributed by atoms with Crippen LogP contribution >= 0.6 is 0 Å². The number of hydrogen-bond donors (Lipinski definition) is 2. The second-order valence-corrected chi connectivity index (χ2v) is 8.83. The minimum absolute atomic E-state index is 0.0925. The van der Waals surface area contributed by atoms with Crippen LogP contribution in [0.25, 0.3) is 16.9 Å². The van der Waals surface area contributed by atoms with Gasteiger partial charge >= 0.3 is 6.03 Å². The predicted octanol–water partition coefficient (Wildman–Crippen LogP) is 3.98. The number of carbonyl (C=O) groups excluding carboxylic acids is 1. The third-order valence-electron chi connectivity index (χ3n) is 6.47. The SMILES string of the molecule is Cc1c(-c2cnn(C)c2)nn(-c2ccccc2)c1NC(=O)N[C@@H]1CN(Cc2ccccc2)[C@H]1C. The van der Waals surface area contributed by atoms with Gasteiger partial charge in [0.1, 0.15) is 11.5 Å². The maximum Gasteiger partial charge on any atom is 0.320 e. The molecular formula is C26H29N7O. The maximum atomic E-state index is 13.0. The van der Waals surface area contributed by atoms with E-state index in [0.29, 0.717) is 5.82 Å². The lowest BCUT2D eigenvalue weighted by atomic mass is 9.97. The Labute approximate surface area is 199 Å². The van der Waals surface area contributed by atoms with E-state index >= 15 is 0 Å². The Hall–Kier alpha value is -3.91. The molecule has 3 heterocycles. The summed E-state index contributed by atoms with van der Waals surface area (Å²) in [5.74, 6) is 0.649. The van der Waals surface area contributed by atoms with Gasteiger partial charge in [-0.25, -0.2) is 9.48 Å². The maximum absolute atomic E-state index is 13.0. The number of nitrogens with one attached hydrogen (secondary N) is 2. The first kappa shape index (κ1) is 21.9. The molecule has 5 rings (SSSR count). The van der Waals surface area contributed by atoms with Gasteiger partial charge in [0.05, 0.1) is 17.9 Å². The topological polar surface area (TPSA) is 80.0 Å². The van der Waals surface area contributed by atoms with Crippen molar-refractivity contribution in [2.75, 3.05) is 11.9 Å². The fraction of sp³-hybridized carbons (Fsp3) is 0.269. The van der Waals surface area contributed by atoms with E-state index in [0.717, 1.165) is 35.6 Å². The van der Waals surface area contributed by atoms with Crippen LogP contribution in [0.4, 0.5) is 10.6 Å². The molecule has 0 spiro atoms. The van der Waals surface area contributed by atoms with E-state index in [2.05, 4.69) is 51.8 Å². The molecular weight excluding hydrogens is 426 g/mol. The molecule has 2 atom stereocenters. The molecule has 0 unspecified atom stereocenters. The van der Waals surface area contributed by atoms with Gasteiger partial charge in [-0.1, -0.05) is 48.5 Å². The van der Waals surface area contributed by atoms with E-state index < -0.39 is 0 Å². The fourth-order valence-electron chi connectivity index (χ4n) is 4.41. The van der Waals surface area contributed by atoms with Gasteiger partial charge in [0.15, 0.2) is 0 Å². The Morgan fingerprint density at radius 1 is 1.09 bits per heavy atom.